The quantitative estimate of drug-likeness (QED) is 0.587. The summed E-state index contributed by atoms with van der Waals surface area (Å²) in [5.74, 6) is -0.143. The van der Waals surface area contributed by atoms with Gasteiger partial charge in [-0.05, 0) is 59.6 Å². The summed E-state index contributed by atoms with van der Waals surface area (Å²) in [4.78, 5) is 12.5. The fraction of sp³-hybridized carbons (Fsp3) is 0.444. The number of nitrogens with zero attached hydrogens (tertiary/aromatic N) is 1. The number of carbonyl (C=O) groups excluding carboxylic acids is 1. The standard InChI is InChI=1S/C27H36N2O3S/c1-27(2,3)24-13-8-22(9-14-24)12-17-26(30)28-19-18-23-10-15-25(16-11-23)33(31,32)29-20-6-4-5-7-21-29/h8-17H,4-7,18-21H2,1-3H3,(H,28,30)/b17-12+. The Bertz CT molecular complexity index is 1040. The van der Waals surface area contributed by atoms with Crippen molar-refractivity contribution in [3.63, 3.8) is 0 Å². The van der Waals surface area contributed by atoms with Gasteiger partial charge >= 0.3 is 0 Å². The minimum absolute atomic E-state index is 0.106. The lowest BCUT2D eigenvalue weighted by Gasteiger charge is -2.20. The highest BCUT2D eigenvalue weighted by Crippen LogP contribution is 2.23. The van der Waals surface area contributed by atoms with Crippen LogP contribution in [-0.2, 0) is 26.7 Å². The molecule has 2 aromatic rings. The molecule has 6 heteroatoms. The van der Waals surface area contributed by atoms with Gasteiger partial charge in [-0.2, -0.15) is 4.31 Å². The number of rotatable bonds is 7. The first-order valence-corrected chi connectivity index (χ1v) is 13.3. The fourth-order valence-electron chi connectivity index (χ4n) is 3.91. The minimum atomic E-state index is -3.43. The topological polar surface area (TPSA) is 66.5 Å². The lowest BCUT2D eigenvalue weighted by atomic mass is 9.87. The van der Waals surface area contributed by atoms with Gasteiger partial charge in [0, 0.05) is 25.7 Å². The molecule has 0 spiro atoms. The monoisotopic (exact) mass is 468 g/mol. The number of nitrogens with one attached hydrogen (secondary N) is 1. The SMILES string of the molecule is CC(C)(C)c1ccc(/C=C/C(=O)NCCc2ccc(S(=O)(=O)N3CCCCCC3)cc2)cc1. The molecule has 0 atom stereocenters. The molecule has 0 radical (unpaired) electrons. The van der Waals surface area contributed by atoms with Crippen LogP contribution in [0.15, 0.2) is 59.5 Å². The maximum absolute atomic E-state index is 12.9. The van der Waals surface area contributed by atoms with Crippen LogP contribution in [-0.4, -0.2) is 38.3 Å². The third-order valence-corrected chi connectivity index (χ3v) is 7.96. The minimum Gasteiger partial charge on any atom is -0.352 e. The van der Waals surface area contributed by atoms with Gasteiger partial charge in [-0.3, -0.25) is 4.79 Å². The van der Waals surface area contributed by atoms with Crippen LogP contribution in [0, 0.1) is 0 Å². The van der Waals surface area contributed by atoms with Gasteiger partial charge in [0.05, 0.1) is 4.90 Å². The first-order chi connectivity index (χ1) is 15.7. The molecule has 178 valence electrons. The molecule has 0 aromatic heterocycles. The van der Waals surface area contributed by atoms with E-state index in [1.54, 1.807) is 22.5 Å². The molecule has 1 aliphatic rings. The van der Waals surface area contributed by atoms with Gasteiger partial charge < -0.3 is 5.32 Å². The third kappa shape index (κ3) is 7.27. The smallest absolute Gasteiger partial charge is 0.244 e. The second-order valence-electron chi connectivity index (χ2n) is 9.71. The average Bonchev–Trinajstić information content (AvgIpc) is 3.08. The van der Waals surface area contributed by atoms with Gasteiger partial charge in [-0.1, -0.05) is 70.0 Å². The number of hydrogen-bond acceptors (Lipinski definition) is 3. The van der Waals surface area contributed by atoms with Gasteiger partial charge in [0.2, 0.25) is 15.9 Å². The summed E-state index contributed by atoms with van der Waals surface area (Å²) < 4.78 is 27.4. The molecule has 0 aliphatic carbocycles. The molecule has 0 bridgehead atoms. The van der Waals surface area contributed by atoms with E-state index >= 15 is 0 Å². The van der Waals surface area contributed by atoms with Gasteiger partial charge in [-0.25, -0.2) is 8.42 Å². The van der Waals surface area contributed by atoms with E-state index in [0.717, 1.165) is 36.8 Å². The molecule has 33 heavy (non-hydrogen) atoms. The van der Waals surface area contributed by atoms with E-state index in [9.17, 15) is 13.2 Å². The molecule has 1 N–H and O–H groups in total. The molecule has 2 aromatic carbocycles. The highest BCUT2D eigenvalue weighted by Gasteiger charge is 2.24. The summed E-state index contributed by atoms with van der Waals surface area (Å²) in [6.07, 6.45) is 8.03. The Balaban J connectivity index is 1.48. The maximum atomic E-state index is 12.9. The van der Waals surface area contributed by atoms with Crippen molar-refractivity contribution in [2.75, 3.05) is 19.6 Å². The fourth-order valence-corrected chi connectivity index (χ4v) is 5.43. The zero-order valence-corrected chi connectivity index (χ0v) is 20.8. The highest BCUT2D eigenvalue weighted by atomic mass is 32.2. The van der Waals surface area contributed by atoms with E-state index in [1.165, 1.54) is 5.56 Å². The molecule has 0 saturated carbocycles. The van der Waals surface area contributed by atoms with Crippen LogP contribution in [0.25, 0.3) is 6.08 Å². The van der Waals surface area contributed by atoms with Crippen LogP contribution in [0.2, 0.25) is 0 Å². The number of sulfonamides is 1. The molecule has 1 fully saturated rings. The third-order valence-electron chi connectivity index (χ3n) is 6.04. The Kier molecular flexibility index (Phi) is 8.49. The van der Waals surface area contributed by atoms with E-state index in [0.29, 0.717) is 31.0 Å². The zero-order valence-electron chi connectivity index (χ0n) is 20.0. The Morgan fingerprint density at radius 1 is 0.939 bits per heavy atom. The van der Waals surface area contributed by atoms with E-state index < -0.39 is 10.0 Å². The number of benzene rings is 2. The van der Waals surface area contributed by atoms with Crippen LogP contribution in [0.4, 0.5) is 0 Å². The molecule has 1 amide bonds. The van der Waals surface area contributed by atoms with Crippen LogP contribution in [0.1, 0.15) is 63.1 Å². The van der Waals surface area contributed by atoms with Crippen molar-refractivity contribution in [3.05, 3.63) is 71.3 Å². The molecule has 3 rings (SSSR count). The first kappa shape index (κ1) is 25.2. The van der Waals surface area contributed by atoms with E-state index in [2.05, 4.69) is 38.2 Å². The second-order valence-corrected chi connectivity index (χ2v) is 11.6. The predicted octanol–water partition coefficient (Wildman–Crippen LogP) is 4.92. The summed E-state index contributed by atoms with van der Waals surface area (Å²) in [6, 6.07) is 15.3. The molecular weight excluding hydrogens is 432 g/mol. The summed E-state index contributed by atoms with van der Waals surface area (Å²) in [7, 11) is -3.43. The molecule has 1 aliphatic heterocycles. The Hall–Kier alpha value is -2.44. The molecule has 1 heterocycles. The molecule has 5 nitrogen and oxygen atoms in total. The summed E-state index contributed by atoms with van der Waals surface area (Å²) >= 11 is 0. The Labute approximate surface area is 198 Å². The van der Waals surface area contributed by atoms with Crippen LogP contribution in [0.5, 0.6) is 0 Å². The summed E-state index contributed by atoms with van der Waals surface area (Å²) in [5, 5.41) is 2.89. The second kappa shape index (κ2) is 11.1. The van der Waals surface area contributed by atoms with E-state index in [4.69, 9.17) is 0 Å². The lowest BCUT2D eigenvalue weighted by molar-refractivity contribution is -0.116. The number of amides is 1. The molecular formula is C27H36N2O3S. The van der Waals surface area contributed by atoms with E-state index in [1.807, 2.05) is 30.3 Å². The zero-order chi connectivity index (χ0) is 23.9. The Morgan fingerprint density at radius 2 is 1.55 bits per heavy atom. The van der Waals surface area contributed by atoms with Crippen molar-refractivity contribution < 1.29 is 13.2 Å². The lowest BCUT2D eigenvalue weighted by Crippen LogP contribution is -2.31. The van der Waals surface area contributed by atoms with E-state index in [-0.39, 0.29) is 11.3 Å². The summed E-state index contributed by atoms with van der Waals surface area (Å²) in [6.45, 7) is 8.22. The maximum Gasteiger partial charge on any atom is 0.244 e. The van der Waals surface area contributed by atoms with Crippen LogP contribution in [0.3, 0.4) is 0 Å². The van der Waals surface area contributed by atoms with Gasteiger partial charge in [0.25, 0.3) is 0 Å². The summed E-state index contributed by atoms with van der Waals surface area (Å²) in [5.41, 5.74) is 3.34. The molecule has 1 saturated heterocycles. The van der Waals surface area contributed by atoms with Gasteiger partial charge in [0.15, 0.2) is 0 Å². The average molecular weight is 469 g/mol. The van der Waals surface area contributed by atoms with Crippen LogP contribution < -0.4 is 5.32 Å². The van der Waals surface area contributed by atoms with Gasteiger partial charge in [-0.15, -0.1) is 0 Å². The van der Waals surface area contributed by atoms with Gasteiger partial charge in [0.1, 0.15) is 0 Å². The number of carbonyl (C=O) groups is 1. The van der Waals surface area contributed by atoms with Crippen molar-refractivity contribution in [2.45, 2.75) is 63.2 Å². The first-order valence-electron chi connectivity index (χ1n) is 11.8. The van der Waals surface area contributed by atoms with Crippen molar-refractivity contribution in [3.8, 4) is 0 Å². The predicted molar refractivity (Wildman–Crippen MR) is 135 cm³/mol. The Morgan fingerprint density at radius 3 is 2.12 bits per heavy atom. The normalized spacial score (nSPS) is 16.0. The van der Waals surface area contributed by atoms with Crippen molar-refractivity contribution in [1.29, 1.82) is 0 Å². The van der Waals surface area contributed by atoms with Crippen LogP contribution >= 0.6 is 0 Å². The highest BCUT2D eigenvalue weighted by molar-refractivity contribution is 7.89. The van der Waals surface area contributed by atoms with Crippen molar-refractivity contribution in [1.82, 2.24) is 9.62 Å². The number of hydrogen-bond donors (Lipinski definition) is 1. The molecule has 0 unspecified atom stereocenters. The van der Waals surface area contributed by atoms with Crippen molar-refractivity contribution in [2.24, 2.45) is 0 Å². The largest absolute Gasteiger partial charge is 0.352 e. The van der Waals surface area contributed by atoms with Crippen molar-refractivity contribution >= 4 is 22.0 Å².